The lowest BCUT2D eigenvalue weighted by Gasteiger charge is -1.99. The Morgan fingerprint density at radius 2 is 2.16 bits per heavy atom. The Labute approximate surface area is 115 Å². The van der Waals surface area contributed by atoms with Gasteiger partial charge in [0.2, 0.25) is 0 Å². The number of hydrogen-bond donors (Lipinski definition) is 1. The summed E-state index contributed by atoms with van der Waals surface area (Å²) in [5.74, 6) is 4.55. The van der Waals surface area contributed by atoms with Crippen LogP contribution in [-0.2, 0) is 16.0 Å². The quantitative estimate of drug-likeness (QED) is 0.680. The number of carbonyl (C=O) groups excluding carboxylic acids is 1. The van der Waals surface area contributed by atoms with Gasteiger partial charge in [-0.1, -0.05) is 29.7 Å². The van der Waals surface area contributed by atoms with Crippen molar-refractivity contribution in [3.63, 3.8) is 0 Å². The third-order valence-electron chi connectivity index (χ3n) is 2.14. The van der Waals surface area contributed by atoms with Gasteiger partial charge in [0.15, 0.2) is 5.12 Å². The van der Waals surface area contributed by atoms with Gasteiger partial charge in [0.1, 0.15) is 5.82 Å². The van der Waals surface area contributed by atoms with Gasteiger partial charge in [-0.15, -0.1) is 0 Å². The van der Waals surface area contributed by atoms with E-state index < -0.39 is 11.8 Å². The molecule has 0 heterocycles. The molecule has 19 heavy (non-hydrogen) atoms. The number of hydrogen-bond acceptors (Lipinski definition) is 3. The molecule has 1 aromatic rings. The SMILES string of the molecule is CC(=O)SCCC#Cc1cc(CC(=O)O)ccc1F. The first-order chi connectivity index (χ1) is 8.99. The van der Waals surface area contributed by atoms with Crippen molar-refractivity contribution >= 4 is 22.8 Å². The van der Waals surface area contributed by atoms with Gasteiger partial charge in [-0.25, -0.2) is 4.39 Å². The van der Waals surface area contributed by atoms with Crippen molar-refractivity contribution in [3.05, 3.63) is 35.1 Å². The van der Waals surface area contributed by atoms with Crippen LogP contribution in [0.1, 0.15) is 24.5 Å². The van der Waals surface area contributed by atoms with Gasteiger partial charge in [-0.2, -0.15) is 0 Å². The molecular weight excluding hydrogens is 267 g/mol. The van der Waals surface area contributed by atoms with Gasteiger partial charge in [0.05, 0.1) is 12.0 Å². The van der Waals surface area contributed by atoms with Crippen LogP contribution < -0.4 is 0 Å². The Kier molecular flexibility index (Phi) is 6.10. The second kappa shape index (κ2) is 7.59. The number of halogens is 1. The van der Waals surface area contributed by atoms with E-state index >= 15 is 0 Å². The molecule has 0 aromatic heterocycles. The topological polar surface area (TPSA) is 54.4 Å². The largest absolute Gasteiger partial charge is 0.481 e. The number of carboxylic acids is 1. The minimum absolute atomic E-state index is 0.0245. The van der Waals surface area contributed by atoms with Crippen LogP contribution in [0.25, 0.3) is 0 Å². The minimum Gasteiger partial charge on any atom is -0.481 e. The average Bonchev–Trinajstić information content (AvgIpc) is 2.31. The third-order valence-corrected chi connectivity index (χ3v) is 2.96. The molecule has 1 rings (SSSR count). The zero-order valence-electron chi connectivity index (χ0n) is 10.4. The molecule has 0 amide bonds. The van der Waals surface area contributed by atoms with Crippen LogP contribution in [0.5, 0.6) is 0 Å². The van der Waals surface area contributed by atoms with E-state index in [4.69, 9.17) is 5.11 Å². The van der Waals surface area contributed by atoms with E-state index in [1.54, 1.807) is 0 Å². The van der Waals surface area contributed by atoms with Crippen LogP contribution in [0.4, 0.5) is 4.39 Å². The van der Waals surface area contributed by atoms with Gasteiger partial charge in [0, 0.05) is 19.1 Å². The number of rotatable bonds is 4. The fourth-order valence-corrected chi connectivity index (χ4v) is 1.85. The van der Waals surface area contributed by atoms with E-state index in [0.717, 1.165) is 0 Å². The molecule has 0 fully saturated rings. The lowest BCUT2D eigenvalue weighted by Crippen LogP contribution is -2.00. The molecule has 0 unspecified atom stereocenters. The molecule has 0 aliphatic heterocycles. The molecule has 0 saturated carbocycles. The molecular formula is C14H13FO3S. The molecule has 0 atom stereocenters. The summed E-state index contributed by atoms with van der Waals surface area (Å²) in [6.45, 7) is 1.48. The van der Waals surface area contributed by atoms with E-state index in [1.807, 2.05) is 0 Å². The van der Waals surface area contributed by atoms with Crippen LogP contribution in [0.15, 0.2) is 18.2 Å². The van der Waals surface area contributed by atoms with Crippen molar-refractivity contribution in [3.8, 4) is 11.8 Å². The Hall–Kier alpha value is -1.80. The van der Waals surface area contributed by atoms with Crippen LogP contribution in [-0.4, -0.2) is 21.9 Å². The zero-order valence-corrected chi connectivity index (χ0v) is 11.2. The summed E-state index contributed by atoms with van der Waals surface area (Å²) in [4.78, 5) is 21.2. The molecule has 0 spiro atoms. The first kappa shape index (κ1) is 15.3. The summed E-state index contributed by atoms with van der Waals surface area (Å²) >= 11 is 1.17. The maximum Gasteiger partial charge on any atom is 0.307 e. The van der Waals surface area contributed by atoms with E-state index in [0.29, 0.717) is 17.7 Å². The lowest BCUT2D eigenvalue weighted by atomic mass is 10.1. The molecule has 0 saturated heterocycles. The summed E-state index contributed by atoms with van der Waals surface area (Å²) in [5.41, 5.74) is 0.697. The van der Waals surface area contributed by atoms with Crippen molar-refractivity contribution in [1.29, 1.82) is 0 Å². The normalized spacial score (nSPS) is 9.58. The monoisotopic (exact) mass is 280 g/mol. The molecule has 1 N–H and O–H groups in total. The van der Waals surface area contributed by atoms with Crippen LogP contribution >= 0.6 is 11.8 Å². The molecule has 1 aromatic carbocycles. The molecule has 5 heteroatoms. The first-order valence-electron chi connectivity index (χ1n) is 5.61. The molecule has 3 nitrogen and oxygen atoms in total. The number of thioether (sulfide) groups is 1. The maximum atomic E-state index is 13.4. The van der Waals surface area contributed by atoms with Crippen LogP contribution in [0.2, 0.25) is 0 Å². The highest BCUT2D eigenvalue weighted by Gasteiger charge is 2.04. The van der Waals surface area contributed by atoms with Crippen molar-refractivity contribution in [2.45, 2.75) is 19.8 Å². The third kappa shape index (κ3) is 6.07. The summed E-state index contributed by atoms with van der Waals surface area (Å²) in [7, 11) is 0. The predicted molar refractivity (Wildman–Crippen MR) is 72.4 cm³/mol. The van der Waals surface area contributed by atoms with Gasteiger partial charge >= 0.3 is 5.97 Å². The van der Waals surface area contributed by atoms with Crippen molar-refractivity contribution < 1.29 is 19.1 Å². The molecule has 0 radical (unpaired) electrons. The number of carbonyl (C=O) groups is 2. The first-order valence-corrected chi connectivity index (χ1v) is 6.60. The van der Waals surface area contributed by atoms with Crippen molar-refractivity contribution in [2.24, 2.45) is 0 Å². The van der Waals surface area contributed by atoms with Crippen molar-refractivity contribution in [2.75, 3.05) is 5.75 Å². The minimum atomic E-state index is -0.969. The number of aliphatic carboxylic acids is 1. The molecule has 0 aliphatic carbocycles. The smallest absolute Gasteiger partial charge is 0.307 e. The lowest BCUT2D eigenvalue weighted by molar-refractivity contribution is -0.136. The maximum absolute atomic E-state index is 13.4. The Morgan fingerprint density at radius 3 is 2.79 bits per heavy atom. The molecule has 100 valence electrons. The number of benzene rings is 1. The standard InChI is InChI=1S/C14H13FO3S/c1-10(16)19-7-3-2-4-12-8-11(9-14(17)18)5-6-13(12)15/h5-6,8H,3,7,9H2,1H3,(H,17,18). The Balaban J connectivity index is 2.69. The number of carboxylic acid groups (broad SMARTS) is 1. The fourth-order valence-electron chi connectivity index (χ4n) is 1.36. The van der Waals surface area contributed by atoms with Crippen molar-refractivity contribution in [1.82, 2.24) is 0 Å². The summed E-state index contributed by atoms with van der Waals surface area (Å²) in [6.07, 6.45) is 0.321. The molecule has 0 bridgehead atoms. The van der Waals surface area contributed by atoms with Gasteiger partial charge in [-0.05, 0) is 17.7 Å². The van der Waals surface area contributed by atoms with Crippen LogP contribution in [0.3, 0.4) is 0 Å². The highest BCUT2D eigenvalue weighted by atomic mass is 32.2. The van der Waals surface area contributed by atoms with Crippen LogP contribution in [0, 0.1) is 17.7 Å². The summed E-state index contributed by atoms with van der Waals surface area (Å²) in [6, 6.07) is 4.08. The average molecular weight is 280 g/mol. The second-order valence-electron chi connectivity index (χ2n) is 3.78. The van der Waals surface area contributed by atoms with Gasteiger partial charge < -0.3 is 5.11 Å². The highest BCUT2D eigenvalue weighted by molar-refractivity contribution is 8.13. The van der Waals surface area contributed by atoms with Gasteiger partial charge in [-0.3, -0.25) is 9.59 Å². The van der Waals surface area contributed by atoms with E-state index in [9.17, 15) is 14.0 Å². The van der Waals surface area contributed by atoms with Gasteiger partial charge in [0.25, 0.3) is 0 Å². The van der Waals surface area contributed by atoms with E-state index in [2.05, 4.69) is 11.8 Å². The van der Waals surface area contributed by atoms with E-state index in [1.165, 1.54) is 36.9 Å². The zero-order chi connectivity index (χ0) is 14.3. The summed E-state index contributed by atoms with van der Waals surface area (Å²) in [5, 5.41) is 8.69. The predicted octanol–water partition coefficient (Wildman–Crippen LogP) is 2.47. The Bertz CT molecular complexity index is 543. The van der Waals surface area contributed by atoms with E-state index in [-0.39, 0.29) is 17.1 Å². The second-order valence-corrected chi connectivity index (χ2v) is 5.05. The highest BCUT2D eigenvalue weighted by Crippen LogP contribution is 2.10. The molecule has 0 aliphatic rings. The fraction of sp³-hybridized carbons (Fsp3) is 0.286. The summed E-state index contributed by atoms with van der Waals surface area (Å²) < 4.78 is 13.4. The Morgan fingerprint density at radius 1 is 1.42 bits per heavy atom.